The summed E-state index contributed by atoms with van der Waals surface area (Å²) in [5.74, 6) is -0.176. The molecule has 1 aliphatic rings. The standard InChI is InChI=1S/C21H20FN3S/c22-17-6-4-16(5-7-17)8-9-24-10-12-25(13-11-24)20-2-1-3-21-19(20)14-18(15-23)26-21/h1-7,14H,8-13H2. The number of fused-ring (bicyclic) bond motifs is 1. The molecule has 2 heterocycles. The van der Waals surface area contributed by atoms with Crippen molar-refractivity contribution in [3.8, 4) is 6.07 Å². The molecule has 132 valence electrons. The van der Waals surface area contributed by atoms with Gasteiger partial charge in [0.1, 0.15) is 16.8 Å². The van der Waals surface area contributed by atoms with Gasteiger partial charge in [0, 0.05) is 48.5 Å². The molecule has 3 nitrogen and oxygen atoms in total. The van der Waals surface area contributed by atoms with E-state index in [2.05, 4.69) is 34.1 Å². The molecular weight excluding hydrogens is 345 g/mol. The van der Waals surface area contributed by atoms with E-state index in [1.165, 1.54) is 33.5 Å². The van der Waals surface area contributed by atoms with Crippen molar-refractivity contribution in [2.24, 2.45) is 0 Å². The lowest BCUT2D eigenvalue weighted by molar-refractivity contribution is 0.261. The van der Waals surface area contributed by atoms with E-state index in [1.54, 1.807) is 11.3 Å². The lowest BCUT2D eigenvalue weighted by atomic mass is 10.1. The molecule has 1 saturated heterocycles. The van der Waals surface area contributed by atoms with Crippen LogP contribution in [0.25, 0.3) is 10.1 Å². The lowest BCUT2D eigenvalue weighted by Crippen LogP contribution is -2.47. The first kappa shape index (κ1) is 17.0. The number of nitrogens with zero attached hydrogens (tertiary/aromatic N) is 3. The molecule has 5 heteroatoms. The number of anilines is 1. The molecular formula is C21H20FN3S. The van der Waals surface area contributed by atoms with Crippen molar-refractivity contribution in [3.05, 3.63) is 64.8 Å². The van der Waals surface area contributed by atoms with Crippen LogP contribution in [-0.2, 0) is 6.42 Å². The van der Waals surface area contributed by atoms with Crippen LogP contribution in [0, 0.1) is 17.1 Å². The SMILES string of the molecule is N#Cc1cc2c(N3CCN(CCc4ccc(F)cc4)CC3)cccc2s1. The Balaban J connectivity index is 1.38. The minimum Gasteiger partial charge on any atom is -0.368 e. The van der Waals surface area contributed by atoms with Gasteiger partial charge in [-0.25, -0.2) is 4.39 Å². The van der Waals surface area contributed by atoms with Crippen molar-refractivity contribution in [1.29, 1.82) is 5.26 Å². The van der Waals surface area contributed by atoms with E-state index in [0.29, 0.717) is 0 Å². The average molecular weight is 365 g/mol. The molecule has 1 aliphatic heterocycles. The first-order chi connectivity index (χ1) is 12.7. The first-order valence-corrected chi connectivity index (χ1v) is 9.69. The second-order valence-electron chi connectivity index (χ2n) is 6.62. The number of halogens is 1. The number of thiophene rings is 1. The van der Waals surface area contributed by atoms with Crippen molar-refractivity contribution < 1.29 is 4.39 Å². The van der Waals surface area contributed by atoms with Crippen molar-refractivity contribution in [3.63, 3.8) is 0 Å². The summed E-state index contributed by atoms with van der Waals surface area (Å²) in [5.41, 5.74) is 2.42. The molecule has 26 heavy (non-hydrogen) atoms. The highest BCUT2D eigenvalue weighted by Crippen LogP contribution is 2.33. The summed E-state index contributed by atoms with van der Waals surface area (Å²) in [6.07, 6.45) is 0.950. The summed E-state index contributed by atoms with van der Waals surface area (Å²) in [5, 5.41) is 10.4. The van der Waals surface area contributed by atoms with Crippen LogP contribution in [0.5, 0.6) is 0 Å². The molecule has 2 aromatic carbocycles. The zero-order valence-electron chi connectivity index (χ0n) is 14.5. The fourth-order valence-electron chi connectivity index (χ4n) is 3.53. The van der Waals surface area contributed by atoms with E-state index < -0.39 is 0 Å². The Hall–Kier alpha value is -2.42. The third-order valence-corrected chi connectivity index (χ3v) is 6.00. The minimum atomic E-state index is -0.176. The van der Waals surface area contributed by atoms with Gasteiger partial charge in [-0.15, -0.1) is 11.3 Å². The summed E-state index contributed by atoms with van der Waals surface area (Å²) in [7, 11) is 0. The lowest BCUT2D eigenvalue weighted by Gasteiger charge is -2.36. The summed E-state index contributed by atoms with van der Waals surface area (Å²) in [6.45, 7) is 5.01. The van der Waals surface area contributed by atoms with Crippen LogP contribution < -0.4 is 4.90 Å². The highest BCUT2D eigenvalue weighted by molar-refractivity contribution is 7.19. The maximum absolute atomic E-state index is 13.0. The fraction of sp³-hybridized carbons (Fsp3) is 0.286. The van der Waals surface area contributed by atoms with Gasteiger partial charge >= 0.3 is 0 Å². The van der Waals surface area contributed by atoms with E-state index in [4.69, 9.17) is 5.26 Å². The predicted octanol–water partition coefficient (Wildman–Crippen LogP) is 4.28. The second-order valence-corrected chi connectivity index (χ2v) is 7.70. The Morgan fingerprint density at radius 3 is 2.54 bits per heavy atom. The van der Waals surface area contributed by atoms with Crippen LogP contribution in [0.1, 0.15) is 10.4 Å². The summed E-state index contributed by atoms with van der Waals surface area (Å²) < 4.78 is 14.2. The molecule has 3 aromatic rings. The molecule has 4 rings (SSSR count). The van der Waals surface area contributed by atoms with Gasteiger partial charge in [-0.2, -0.15) is 5.26 Å². The maximum Gasteiger partial charge on any atom is 0.123 e. The third-order valence-electron chi connectivity index (χ3n) is 4.99. The molecule has 0 N–H and O–H groups in total. The Bertz CT molecular complexity index is 934. The van der Waals surface area contributed by atoms with Gasteiger partial charge in [0.25, 0.3) is 0 Å². The average Bonchev–Trinajstić information content (AvgIpc) is 3.11. The van der Waals surface area contributed by atoms with Crippen LogP contribution in [0.15, 0.2) is 48.5 Å². The highest BCUT2D eigenvalue weighted by atomic mass is 32.1. The number of rotatable bonds is 4. The fourth-order valence-corrected chi connectivity index (χ4v) is 4.41. The van der Waals surface area contributed by atoms with Crippen molar-refractivity contribution in [2.75, 3.05) is 37.6 Å². The third kappa shape index (κ3) is 3.57. The van der Waals surface area contributed by atoms with Gasteiger partial charge < -0.3 is 4.90 Å². The highest BCUT2D eigenvalue weighted by Gasteiger charge is 2.19. The second kappa shape index (κ2) is 7.45. The van der Waals surface area contributed by atoms with Gasteiger partial charge in [-0.3, -0.25) is 4.90 Å². The minimum absolute atomic E-state index is 0.176. The molecule has 0 radical (unpaired) electrons. The molecule has 1 aromatic heterocycles. The molecule has 0 saturated carbocycles. The van der Waals surface area contributed by atoms with E-state index in [1.807, 2.05) is 18.2 Å². The molecule has 0 aliphatic carbocycles. The topological polar surface area (TPSA) is 30.3 Å². The number of benzene rings is 2. The largest absolute Gasteiger partial charge is 0.368 e. The summed E-state index contributed by atoms with van der Waals surface area (Å²) in [4.78, 5) is 5.66. The van der Waals surface area contributed by atoms with Gasteiger partial charge in [-0.1, -0.05) is 18.2 Å². The molecule has 0 atom stereocenters. The molecule has 1 fully saturated rings. The summed E-state index contributed by atoms with van der Waals surface area (Å²) in [6, 6.07) is 17.4. The van der Waals surface area contributed by atoms with Crippen LogP contribution in [-0.4, -0.2) is 37.6 Å². The van der Waals surface area contributed by atoms with Gasteiger partial charge in [0.15, 0.2) is 0 Å². The number of hydrogen-bond acceptors (Lipinski definition) is 4. The molecule has 0 spiro atoms. The van der Waals surface area contributed by atoms with Crippen molar-refractivity contribution in [1.82, 2.24) is 4.90 Å². The Morgan fingerprint density at radius 2 is 1.81 bits per heavy atom. The van der Waals surface area contributed by atoms with Gasteiger partial charge in [-0.05, 0) is 42.3 Å². The number of hydrogen-bond donors (Lipinski definition) is 0. The Kier molecular flexibility index (Phi) is 4.87. The van der Waals surface area contributed by atoms with Crippen LogP contribution in [0.2, 0.25) is 0 Å². The maximum atomic E-state index is 13.0. The number of piperazine rings is 1. The van der Waals surface area contributed by atoms with Gasteiger partial charge in [0.05, 0.1) is 0 Å². The van der Waals surface area contributed by atoms with Gasteiger partial charge in [0.2, 0.25) is 0 Å². The monoisotopic (exact) mass is 365 g/mol. The van der Waals surface area contributed by atoms with Crippen LogP contribution in [0.4, 0.5) is 10.1 Å². The van der Waals surface area contributed by atoms with E-state index in [9.17, 15) is 4.39 Å². The van der Waals surface area contributed by atoms with E-state index in [-0.39, 0.29) is 5.82 Å². The predicted molar refractivity (Wildman–Crippen MR) is 105 cm³/mol. The quantitative estimate of drug-likeness (QED) is 0.691. The molecule has 0 amide bonds. The zero-order valence-corrected chi connectivity index (χ0v) is 15.3. The van der Waals surface area contributed by atoms with Crippen molar-refractivity contribution >= 4 is 27.1 Å². The van der Waals surface area contributed by atoms with Crippen LogP contribution in [0.3, 0.4) is 0 Å². The van der Waals surface area contributed by atoms with E-state index in [0.717, 1.165) is 44.0 Å². The summed E-state index contributed by atoms with van der Waals surface area (Å²) >= 11 is 1.56. The molecule has 0 bridgehead atoms. The zero-order chi connectivity index (χ0) is 17.9. The normalized spacial score (nSPS) is 15.3. The number of nitriles is 1. The molecule has 0 unspecified atom stereocenters. The van der Waals surface area contributed by atoms with Crippen molar-refractivity contribution in [2.45, 2.75) is 6.42 Å². The van der Waals surface area contributed by atoms with E-state index >= 15 is 0 Å². The smallest absolute Gasteiger partial charge is 0.123 e. The first-order valence-electron chi connectivity index (χ1n) is 8.87. The Labute approximate surface area is 156 Å². The Morgan fingerprint density at radius 1 is 1.04 bits per heavy atom. The van der Waals surface area contributed by atoms with Crippen LogP contribution >= 0.6 is 11.3 Å².